The van der Waals surface area contributed by atoms with E-state index < -0.39 is 5.78 Å². The zero-order chi connectivity index (χ0) is 13.8. The predicted molar refractivity (Wildman–Crippen MR) is 71.4 cm³/mol. The number of Topliss-reactive ketones (excluding diaryl/α,β-unsaturated/α-hetero) is 1. The van der Waals surface area contributed by atoms with Gasteiger partial charge in [0, 0.05) is 10.4 Å². The molecule has 1 aromatic carbocycles. The highest BCUT2D eigenvalue weighted by atomic mass is 35.5. The molecule has 0 aromatic heterocycles. The summed E-state index contributed by atoms with van der Waals surface area (Å²) in [6.07, 6.45) is 0. The van der Waals surface area contributed by atoms with Crippen LogP contribution >= 0.6 is 11.6 Å². The van der Waals surface area contributed by atoms with Crippen LogP contribution in [-0.2, 0) is 4.79 Å². The van der Waals surface area contributed by atoms with Gasteiger partial charge in [-0.1, -0.05) is 17.5 Å². The quantitative estimate of drug-likeness (QED) is 0.265. The number of nitrogens with zero attached hydrogens (tertiary/aromatic N) is 2. The number of ketones is 1. The maximum Gasteiger partial charge on any atom is 0.378 e. The largest absolute Gasteiger partial charge is 0.378 e. The van der Waals surface area contributed by atoms with Crippen LogP contribution in [0, 0.1) is 17.3 Å². The second-order valence-electron chi connectivity index (χ2n) is 4.78. The molecule has 0 aliphatic rings. The van der Waals surface area contributed by atoms with Crippen molar-refractivity contribution in [3.05, 3.63) is 40.4 Å². The molecule has 0 radical (unpaired) electrons. The third-order valence-electron chi connectivity index (χ3n) is 1.98. The highest BCUT2D eigenvalue weighted by Gasteiger charge is 2.21. The molecule has 18 heavy (non-hydrogen) atoms. The van der Waals surface area contributed by atoms with Gasteiger partial charge in [-0.2, -0.15) is 4.79 Å². The number of benzene rings is 1. The molecule has 92 valence electrons. The smallest absolute Gasteiger partial charge is 0.361 e. The van der Waals surface area contributed by atoms with Gasteiger partial charge in [-0.3, -0.25) is 4.79 Å². The van der Waals surface area contributed by atoms with E-state index >= 15 is 0 Å². The first-order valence-corrected chi connectivity index (χ1v) is 5.77. The number of carbonyl (C=O) groups is 1. The molecule has 3 nitrogen and oxygen atoms in total. The molecule has 0 aliphatic carbocycles. The Morgan fingerprint density at radius 2 is 1.83 bits per heavy atom. The molecule has 0 unspecified atom stereocenters. The summed E-state index contributed by atoms with van der Waals surface area (Å²) >= 11 is 5.74. The van der Waals surface area contributed by atoms with E-state index in [0.29, 0.717) is 10.6 Å². The van der Waals surface area contributed by atoms with E-state index in [1.54, 1.807) is 24.3 Å². The maximum absolute atomic E-state index is 11.8. The van der Waals surface area contributed by atoms with Crippen molar-refractivity contribution in [2.45, 2.75) is 20.8 Å². The Balaban J connectivity index is 3.05. The molecule has 0 saturated heterocycles. The SMILES string of the molecule is CC(C)(C)C#CC(=O)C(=[N+]=[N-])c1ccc(Cl)cc1. The lowest BCUT2D eigenvalue weighted by atomic mass is 9.97. The van der Waals surface area contributed by atoms with Crippen LogP contribution in [-0.4, -0.2) is 16.3 Å². The first-order valence-electron chi connectivity index (χ1n) is 5.39. The van der Waals surface area contributed by atoms with Crippen molar-refractivity contribution in [2.75, 3.05) is 0 Å². The Morgan fingerprint density at radius 1 is 1.28 bits per heavy atom. The Bertz CT molecular complexity index is 565. The second-order valence-corrected chi connectivity index (χ2v) is 5.22. The van der Waals surface area contributed by atoms with Crippen LogP contribution in [0.3, 0.4) is 0 Å². The van der Waals surface area contributed by atoms with Gasteiger partial charge in [-0.05, 0) is 51.0 Å². The van der Waals surface area contributed by atoms with Crippen LogP contribution in [0.15, 0.2) is 24.3 Å². The summed E-state index contributed by atoms with van der Waals surface area (Å²) in [6, 6.07) is 6.45. The normalized spacial score (nSPS) is 10.0. The molecule has 4 heteroatoms. The van der Waals surface area contributed by atoms with E-state index in [2.05, 4.69) is 16.6 Å². The van der Waals surface area contributed by atoms with Crippen molar-refractivity contribution >= 4 is 23.1 Å². The molecule has 0 saturated carbocycles. The summed E-state index contributed by atoms with van der Waals surface area (Å²) in [5.41, 5.74) is 9.03. The van der Waals surface area contributed by atoms with E-state index in [1.807, 2.05) is 20.8 Å². The lowest BCUT2D eigenvalue weighted by Gasteiger charge is -2.05. The minimum Gasteiger partial charge on any atom is -0.361 e. The van der Waals surface area contributed by atoms with E-state index in [1.165, 1.54) is 0 Å². The Labute approximate surface area is 111 Å². The van der Waals surface area contributed by atoms with Crippen molar-refractivity contribution < 1.29 is 9.58 Å². The second kappa shape index (κ2) is 5.64. The van der Waals surface area contributed by atoms with Crippen molar-refractivity contribution in [3.63, 3.8) is 0 Å². The molecule has 0 N–H and O–H groups in total. The number of carbonyl (C=O) groups excluding carboxylic acids is 1. The van der Waals surface area contributed by atoms with Crippen LogP contribution in [0.25, 0.3) is 5.53 Å². The van der Waals surface area contributed by atoms with Crippen LogP contribution in [0.1, 0.15) is 26.3 Å². The molecule has 0 bridgehead atoms. The molecular weight excluding hydrogens is 248 g/mol. The molecular formula is C14H13ClN2O. The summed E-state index contributed by atoms with van der Waals surface area (Å²) < 4.78 is 0. The van der Waals surface area contributed by atoms with Gasteiger partial charge < -0.3 is 5.53 Å². The Kier molecular flexibility index (Phi) is 4.44. The van der Waals surface area contributed by atoms with Gasteiger partial charge in [0.25, 0.3) is 0 Å². The topological polar surface area (TPSA) is 53.5 Å². The summed E-state index contributed by atoms with van der Waals surface area (Å²) in [5.74, 6) is 4.76. The average Bonchev–Trinajstić information content (AvgIpc) is 2.29. The fourth-order valence-corrected chi connectivity index (χ4v) is 1.27. The maximum atomic E-state index is 11.8. The number of rotatable bonds is 2. The third kappa shape index (κ3) is 4.18. The van der Waals surface area contributed by atoms with Gasteiger partial charge in [-0.25, -0.2) is 0 Å². The molecule has 1 aromatic rings. The minimum absolute atomic E-state index is 0.0802. The van der Waals surface area contributed by atoms with Gasteiger partial charge in [0.1, 0.15) is 0 Å². The van der Waals surface area contributed by atoms with Crippen molar-refractivity contribution in [1.82, 2.24) is 0 Å². The molecule has 0 heterocycles. The van der Waals surface area contributed by atoms with Gasteiger partial charge in [0.15, 0.2) is 0 Å². The molecule has 1 rings (SSSR count). The van der Waals surface area contributed by atoms with Gasteiger partial charge in [0.05, 0.1) is 5.56 Å². The summed E-state index contributed by atoms with van der Waals surface area (Å²) in [5, 5.41) is 0.546. The highest BCUT2D eigenvalue weighted by Crippen LogP contribution is 2.11. The fourth-order valence-electron chi connectivity index (χ4n) is 1.15. The third-order valence-corrected chi connectivity index (χ3v) is 2.24. The van der Waals surface area contributed by atoms with E-state index in [0.717, 1.165) is 0 Å². The zero-order valence-corrected chi connectivity index (χ0v) is 11.2. The number of halogens is 1. The van der Waals surface area contributed by atoms with E-state index in [9.17, 15) is 4.79 Å². The lowest BCUT2D eigenvalue weighted by Crippen LogP contribution is -2.15. The lowest BCUT2D eigenvalue weighted by molar-refractivity contribution is -0.112. The zero-order valence-electron chi connectivity index (χ0n) is 10.5. The average molecular weight is 261 g/mol. The van der Waals surface area contributed by atoms with Crippen molar-refractivity contribution in [2.24, 2.45) is 5.41 Å². The summed E-state index contributed by atoms with van der Waals surface area (Å²) in [7, 11) is 0. The highest BCUT2D eigenvalue weighted by molar-refractivity contribution is 6.49. The minimum atomic E-state index is -0.519. The molecule has 0 spiro atoms. The van der Waals surface area contributed by atoms with Crippen LogP contribution < -0.4 is 0 Å². The van der Waals surface area contributed by atoms with E-state index in [-0.39, 0.29) is 11.1 Å². The van der Waals surface area contributed by atoms with E-state index in [4.69, 9.17) is 17.1 Å². The first-order chi connectivity index (χ1) is 8.33. The predicted octanol–water partition coefficient (Wildman–Crippen LogP) is 2.98. The molecule has 0 amide bonds. The van der Waals surface area contributed by atoms with Gasteiger partial charge in [0.2, 0.25) is 0 Å². The Morgan fingerprint density at radius 3 is 2.28 bits per heavy atom. The first kappa shape index (κ1) is 14.2. The van der Waals surface area contributed by atoms with Crippen LogP contribution in [0.2, 0.25) is 5.02 Å². The summed E-state index contributed by atoms with van der Waals surface area (Å²) in [6.45, 7) is 5.68. The van der Waals surface area contributed by atoms with Crippen LogP contribution in [0.5, 0.6) is 0 Å². The van der Waals surface area contributed by atoms with Gasteiger partial charge in [-0.15, -0.1) is 0 Å². The standard InChI is InChI=1S/C14H13ClN2O/c1-14(2,3)9-8-12(18)13(17-16)10-4-6-11(15)7-5-10/h4-7H,1-3H3. The van der Waals surface area contributed by atoms with Gasteiger partial charge >= 0.3 is 11.5 Å². The number of hydrogen-bond acceptors (Lipinski definition) is 1. The molecule has 0 aliphatic heterocycles. The number of hydrogen-bond donors (Lipinski definition) is 0. The monoisotopic (exact) mass is 260 g/mol. The van der Waals surface area contributed by atoms with Crippen molar-refractivity contribution in [1.29, 1.82) is 0 Å². The Hall–Kier alpha value is -1.88. The van der Waals surface area contributed by atoms with Crippen LogP contribution in [0.4, 0.5) is 0 Å². The molecule has 0 atom stereocenters. The fraction of sp³-hybridized carbons (Fsp3) is 0.286. The summed E-state index contributed by atoms with van der Waals surface area (Å²) in [4.78, 5) is 14.8. The van der Waals surface area contributed by atoms with Crippen molar-refractivity contribution in [3.8, 4) is 11.8 Å². The molecule has 0 fully saturated rings.